The van der Waals surface area contributed by atoms with Gasteiger partial charge in [-0.15, -0.1) is 0 Å². The van der Waals surface area contributed by atoms with E-state index in [9.17, 15) is 4.79 Å². The van der Waals surface area contributed by atoms with Crippen molar-refractivity contribution < 1.29 is 14.3 Å². The third-order valence-electron chi connectivity index (χ3n) is 1.98. The van der Waals surface area contributed by atoms with E-state index in [1.54, 1.807) is 17.9 Å². The monoisotopic (exact) mass is 222 g/mol. The maximum atomic E-state index is 10.6. The van der Waals surface area contributed by atoms with Crippen LogP contribution in [0.4, 0.5) is 11.7 Å². The van der Waals surface area contributed by atoms with Crippen molar-refractivity contribution in [3.63, 3.8) is 0 Å². The van der Waals surface area contributed by atoms with Crippen LogP contribution in [0.5, 0.6) is 0 Å². The van der Waals surface area contributed by atoms with Gasteiger partial charge in [0.05, 0.1) is 11.4 Å². The lowest BCUT2D eigenvalue weighted by atomic mass is 10.4. The van der Waals surface area contributed by atoms with Crippen LogP contribution in [0.1, 0.15) is 16.2 Å². The normalized spacial score (nSPS) is 10.4. The van der Waals surface area contributed by atoms with Crippen LogP contribution in [0.15, 0.2) is 16.9 Å². The molecule has 2 heterocycles. The predicted octanol–water partition coefficient (Wildman–Crippen LogP) is 1.16. The van der Waals surface area contributed by atoms with E-state index in [0.717, 1.165) is 17.6 Å². The largest absolute Gasteiger partial charge is 0.476 e. The smallest absolute Gasteiger partial charge is 0.357 e. The van der Waals surface area contributed by atoms with E-state index in [-0.39, 0.29) is 11.7 Å². The molecule has 2 aromatic rings. The van der Waals surface area contributed by atoms with Crippen molar-refractivity contribution in [2.45, 2.75) is 6.92 Å². The molecule has 0 amide bonds. The van der Waals surface area contributed by atoms with Crippen molar-refractivity contribution in [1.82, 2.24) is 14.8 Å². The molecule has 0 atom stereocenters. The number of nitrogens with zero attached hydrogens (tertiary/aromatic N) is 3. The molecule has 0 saturated carbocycles. The summed E-state index contributed by atoms with van der Waals surface area (Å²) in [5.74, 6) is -1.13. The molecule has 0 fully saturated rings. The SMILES string of the molecule is Cc1nn(C)cc1Nc1nc(C(=O)O)co1. The molecule has 0 aliphatic rings. The van der Waals surface area contributed by atoms with Crippen molar-refractivity contribution in [1.29, 1.82) is 0 Å². The second-order valence-electron chi connectivity index (χ2n) is 3.27. The van der Waals surface area contributed by atoms with Crippen molar-refractivity contribution in [2.24, 2.45) is 7.05 Å². The van der Waals surface area contributed by atoms with Gasteiger partial charge in [0, 0.05) is 13.2 Å². The quantitative estimate of drug-likeness (QED) is 0.809. The number of aromatic carboxylic acids is 1. The van der Waals surface area contributed by atoms with Gasteiger partial charge in [-0.3, -0.25) is 4.68 Å². The van der Waals surface area contributed by atoms with E-state index in [1.165, 1.54) is 0 Å². The third kappa shape index (κ3) is 1.88. The number of anilines is 2. The van der Waals surface area contributed by atoms with Crippen LogP contribution in [0.2, 0.25) is 0 Å². The zero-order valence-corrected chi connectivity index (χ0v) is 8.76. The van der Waals surface area contributed by atoms with Crippen LogP contribution in [0.25, 0.3) is 0 Å². The molecule has 7 heteroatoms. The molecule has 7 nitrogen and oxygen atoms in total. The highest BCUT2D eigenvalue weighted by Gasteiger charge is 2.11. The van der Waals surface area contributed by atoms with Crippen LogP contribution in [-0.4, -0.2) is 25.8 Å². The fourth-order valence-electron chi connectivity index (χ4n) is 1.27. The minimum atomic E-state index is -1.13. The number of carboxylic acids is 1. The van der Waals surface area contributed by atoms with Gasteiger partial charge in [-0.25, -0.2) is 4.79 Å². The number of hydrogen-bond acceptors (Lipinski definition) is 5. The first-order valence-electron chi connectivity index (χ1n) is 4.52. The number of aromatic nitrogens is 3. The molecule has 84 valence electrons. The second-order valence-corrected chi connectivity index (χ2v) is 3.27. The van der Waals surface area contributed by atoms with Crippen molar-refractivity contribution >= 4 is 17.7 Å². The summed E-state index contributed by atoms with van der Waals surface area (Å²) < 4.78 is 6.59. The molecular formula is C9H10N4O3. The van der Waals surface area contributed by atoms with Crippen LogP contribution < -0.4 is 5.32 Å². The maximum absolute atomic E-state index is 10.6. The van der Waals surface area contributed by atoms with E-state index in [1.807, 2.05) is 6.92 Å². The molecule has 16 heavy (non-hydrogen) atoms. The molecule has 2 aromatic heterocycles. The van der Waals surface area contributed by atoms with E-state index >= 15 is 0 Å². The van der Waals surface area contributed by atoms with Gasteiger partial charge in [-0.05, 0) is 6.92 Å². The van der Waals surface area contributed by atoms with Crippen LogP contribution in [-0.2, 0) is 7.05 Å². The second kappa shape index (κ2) is 3.69. The average Bonchev–Trinajstić information content (AvgIpc) is 2.75. The molecule has 0 radical (unpaired) electrons. The van der Waals surface area contributed by atoms with E-state index < -0.39 is 5.97 Å². The highest BCUT2D eigenvalue weighted by atomic mass is 16.4. The zero-order chi connectivity index (χ0) is 11.7. The van der Waals surface area contributed by atoms with Crippen molar-refractivity contribution in [3.05, 3.63) is 23.8 Å². The number of aryl methyl sites for hydroxylation is 2. The predicted molar refractivity (Wildman–Crippen MR) is 54.7 cm³/mol. The summed E-state index contributed by atoms with van der Waals surface area (Å²) in [4.78, 5) is 14.3. The fourth-order valence-corrected chi connectivity index (χ4v) is 1.27. The topological polar surface area (TPSA) is 93.2 Å². The first-order valence-corrected chi connectivity index (χ1v) is 4.52. The van der Waals surface area contributed by atoms with Crippen LogP contribution >= 0.6 is 0 Å². The molecule has 0 aliphatic carbocycles. The number of nitrogens with one attached hydrogen (secondary N) is 1. The molecule has 2 rings (SSSR count). The van der Waals surface area contributed by atoms with Gasteiger partial charge in [0.15, 0.2) is 5.69 Å². The molecule has 0 spiro atoms. The molecule has 0 aromatic carbocycles. The highest BCUT2D eigenvalue weighted by molar-refractivity contribution is 5.85. The van der Waals surface area contributed by atoms with Crippen LogP contribution in [0.3, 0.4) is 0 Å². The Balaban J connectivity index is 2.20. The summed E-state index contributed by atoms with van der Waals surface area (Å²) in [7, 11) is 1.79. The Labute approximate surface area is 90.7 Å². The first kappa shape index (κ1) is 10.2. The molecule has 0 aliphatic heterocycles. The number of carboxylic acid groups (broad SMARTS) is 1. The lowest BCUT2D eigenvalue weighted by molar-refractivity contribution is 0.0690. The third-order valence-corrected chi connectivity index (χ3v) is 1.98. The molecular weight excluding hydrogens is 212 g/mol. The minimum Gasteiger partial charge on any atom is -0.476 e. The molecule has 0 unspecified atom stereocenters. The zero-order valence-electron chi connectivity index (χ0n) is 8.76. The first-order chi connectivity index (χ1) is 7.56. The van der Waals surface area contributed by atoms with Gasteiger partial charge in [0.1, 0.15) is 6.26 Å². The average molecular weight is 222 g/mol. The van der Waals surface area contributed by atoms with Crippen molar-refractivity contribution in [3.8, 4) is 0 Å². The van der Waals surface area contributed by atoms with Gasteiger partial charge in [-0.1, -0.05) is 0 Å². The highest BCUT2D eigenvalue weighted by Crippen LogP contribution is 2.18. The fraction of sp³-hybridized carbons (Fsp3) is 0.222. The van der Waals surface area contributed by atoms with E-state index in [0.29, 0.717) is 0 Å². The molecule has 0 saturated heterocycles. The Bertz CT molecular complexity index is 529. The number of carbonyl (C=O) groups is 1. The van der Waals surface area contributed by atoms with E-state index in [4.69, 9.17) is 9.52 Å². The van der Waals surface area contributed by atoms with Crippen molar-refractivity contribution in [2.75, 3.05) is 5.32 Å². The summed E-state index contributed by atoms with van der Waals surface area (Å²) in [6.45, 7) is 1.82. The number of rotatable bonds is 3. The summed E-state index contributed by atoms with van der Waals surface area (Å²) in [5.41, 5.74) is 1.36. The Morgan fingerprint density at radius 2 is 2.38 bits per heavy atom. The summed E-state index contributed by atoms with van der Waals surface area (Å²) in [6, 6.07) is 0.133. The maximum Gasteiger partial charge on any atom is 0.357 e. The Morgan fingerprint density at radius 1 is 1.62 bits per heavy atom. The van der Waals surface area contributed by atoms with Gasteiger partial charge < -0.3 is 14.8 Å². The van der Waals surface area contributed by atoms with E-state index in [2.05, 4.69) is 15.4 Å². The lowest BCUT2D eigenvalue weighted by Gasteiger charge is -1.96. The Hall–Kier alpha value is -2.31. The van der Waals surface area contributed by atoms with Gasteiger partial charge >= 0.3 is 5.97 Å². The Morgan fingerprint density at radius 3 is 2.88 bits per heavy atom. The molecule has 2 N–H and O–H groups in total. The number of hydrogen-bond donors (Lipinski definition) is 2. The molecule has 0 bridgehead atoms. The van der Waals surface area contributed by atoms with Gasteiger partial charge in [0.2, 0.25) is 0 Å². The van der Waals surface area contributed by atoms with Crippen LogP contribution in [0, 0.1) is 6.92 Å². The minimum absolute atomic E-state index is 0.133. The summed E-state index contributed by atoms with van der Waals surface area (Å²) in [6.07, 6.45) is 2.83. The standard InChI is InChI=1S/C9H10N4O3/c1-5-6(3-13(2)12-5)10-9-11-7(4-16-9)8(14)15/h3-4H,1-2H3,(H,10,11)(H,14,15). The summed E-state index contributed by atoms with van der Waals surface area (Å²) in [5, 5.41) is 15.6. The van der Waals surface area contributed by atoms with Gasteiger partial charge in [0.25, 0.3) is 6.01 Å². The van der Waals surface area contributed by atoms with Gasteiger partial charge in [-0.2, -0.15) is 10.1 Å². The number of oxazole rings is 1. The lowest BCUT2D eigenvalue weighted by Crippen LogP contribution is -1.97. The Kier molecular flexibility index (Phi) is 2.35. The summed E-state index contributed by atoms with van der Waals surface area (Å²) >= 11 is 0.